The fourth-order valence-corrected chi connectivity index (χ4v) is 14.4. The number of carbonyl (C=O) groups is 5. The molecule has 3 aliphatic rings. The van der Waals surface area contributed by atoms with Crippen LogP contribution in [-0.2, 0) is 51.5 Å². The zero-order chi connectivity index (χ0) is 76.4. The lowest BCUT2D eigenvalue weighted by Gasteiger charge is -2.24. The van der Waals surface area contributed by atoms with Crippen molar-refractivity contribution in [3.05, 3.63) is 162 Å². The molecule has 3 saturated heterocycles. The summed E-state index contributed by atoms with van der Waals surface area (Å²) in [7, 11) is -8.45. The zero-order valence-electron chi connectivity index (χ0n) is 55.7. The average Bonchev–Trinajstić information content (AvgIpc) is 1.62. The Morgan fingerprint density at radius 1 is 0.705 bits per heavy atom. The molecule has 13 unspecified atom stereocenters. The highest BCUT2D eigenvalue weighted by Crippen LogP contribution is 2.52. The van der Waals surface area contributed by atoms with E-state index in [1.165, 1.54) is 49.1 Å². The van der Waals surface area contributed by atoms with Crippen molar-refractivity contribution in [1.29, 1.82) is 0 Å². The number of aliphatic hydroxyl groups is 2. The van der Waals surface area contributed by atoms with Crippen LogP contribution in [0.15, 0.2) is 80.5 Å². The Hall–Kier alpha value is -10.6. The van der Waals surface area contributed by atoms with E-state index in [1.54, 1.807) is 0 Å². The smallest absolute Gasteiger partial charge is 0.330 e. The largest absolute Gasteiger partial charge is 0.390 e. The number of H-pyrrole nitrogens is 2. The number of rotatable bonds is 27. The second kappa shape index (κ2) is 33.9. The lowest BCUT2D eigenvalue weighted by Crippen LogP contribution is -2.50. The number of benzene rings is 2. The van der Waals surface area contributed by atoms with Crippen molar-refractivity contribution in [3.63, 3.8) is 0 Å². The minimum Gasteiger partial charge on any atom is -0.390 e. The van der Waals surface area contributed by atoms with Gasteiger partial charge in [0.05, 0.1) is 108 Å². The summed E-state index contributed by atoms with van der Waals surface area (Å²) >= 11 is 0. The molecule has 15 N–H and O–H groups in total. The number of fused-ring (bicyclic) bond motifs is 1. The fraction of sp³-hybridized carbons (Fsp3) is 0.413. The predicted molar refractivity (Wildman–Crippen MR) is 363 cm³/mol. The number of hydrogen-bond donors (Lipinski definition) is 12. The number of nitrogen functional groups attached to an aromatic ring is 1. The van der Waals surface area contributed by atoms with Crippen molar-refractivity contribution in [2.75, 3.05) is 71.2 Å². The van der Waals surface area contributed by atoms with Gasteiger partial charge in [-0.2, -0.15) is 0 Å². The highest BCUT2D eigenvalue weighted by atomic mass is 31.2. The molecule has 0 bridgehead atoms. The topological polar surface area (TPSA) is 597 Å². The van der Waals surface area contributed by atoms with Crippen LogP contribution in [0.4, 0.5) is 17.2 Å². The summed E-state index contributed by atoms with van der Waals surface area (Å²) in [5.41, 5.74) is 11.6. The predicted octanol–water partition coefficient (Wildman–Crippen LogP) is -2.01. The van der Waals surface area contributed by atoms with Gasteiger partial charge in [0.25, 0.3) is 28.4 Å². The van der Waals surface area contributed by atoms with E-state index in [1.807, 2.05) is 0 Å². The third kappa shape index (κ3) is 19.6. The standard InChI is InChI=1S/C63H69N15O25P2/c1-32(79)41-12-8-34(15-44(41)77(90)91)6-10-36-23-74(57-55(36)56(66)70-31-71-57)54-19-46(81)50(103-54)28-100-105(96,97)30-40-18-53(76-25-38(59(85)73-63(76)89)11-7-35-9-13-42(33(2)80)45(16-35)78(92)93)102-49(40)27-99-104(94,95)29-39-17-52(101-48(39)26-98-3)75-24-37(58(84)72-62(75)88)5-4-14-67-51(83)22-69-61(87)47(82)21-68-60(86)43(65)20-64/h8-9,12-13,15-16,23-25,31,39-40,43,46-50,52-54,81-82H,14,17-22,26-30,64-65H2,1-3H3,(H,67,83)(H,68,86)(H,69,87)(H,94,95)(H,96,97)(H2,66,70,71)(H,72,84,88)(H,73,85,89). The first kappa shape index (κ1) is 78.6. The van der Waals surface area contributed by atoms with Crippen LogP contribution in [0.1, 0.15) is 100 Å². The SMILES string of the molecule is COCC1OC(n2cc(C#CCNC(=O)CNC(=O)C(O)CNC(=O)C(N)CN)c(=O)[nH]c2=O)CC1CP(=O)(O)OCC1OC(n2cc(C#Cc3ccc(C(C)=O)c([N+](=O)[O-])c3)c(=O)[nH]c2=O)CC1CP(=O)(O)OCC1OC(n2cc(C#Cc3ccc(C(C)=O)c([N+](=O)[O-])c3)c3c(N)ncnc32)CC1O. The summed E-state index contributed by atoms with van der Waals surface area (Å²) in [6, 6.07) is 6.23. The van der Waals surface area contributed by atoms with Gasteiger partial charge in [0.15, 0.2) is 11.6 Å². The average molecular weight is 1500 g/mol. The monoisotopic (exact) mass is 1500 g/mol. The van der Waals surface area contributed by atoms with Gasteiger partial charge in [-0.3, -0.25) is 82.0 Å². The first-order valence-electron chi connectivity index (χ1n) is 31.7. The van der Waals surface area contributed by atoms with E-state index in [-0.39, 0.29) is 94.8 Å². The number of hydrogen-bond acceptors (Lipinski definition) is 28. The number of ether oxygens (including phenoxy) is 4. The van der Waals surface area contributed by atoms with Gasteiger partial charge in [0, 0.05) is 73.8 Å². The van der Waals surface area contributed by atoms with Crippen molar-refractivity contribution in [1.82, 2.24) is 49.6 Å². The second-order valence-electron chi connectivity index (χ2n) is 24.2. The number of aromatic amines is 2. The van der Waals surface area contributed by atoms with Crippen LogP contribution in [0.2, 0.25) is 0 Å². The van der Waals surface area contributed by atoms with E-state index >= 15 is 0 Å². The molecule has 3 amide bonds. The minimum absolute atomic E-state index is 0.00564. The Morgan fingerprint density at radius 3 is 1.72 bits per heavy atom. The number of Topliss-reactive ketones (excluding diaryl/α,β-unsaturated/α-hetero) is 2. The molecule has 7 heterocycles. The van der Waals surface area contributed by atoms with Gasteiger partial charge >= 0.3 is 26.6 Å². The van der Waals surface area contributed by atoms with Crippen LogP contribution in [0.5, 0.6) is 0 Å². The lowest BCUT2D eigenvalue weighted by atomic mass is 10.0. The molecular weight excluding hydrogens is 1430 g/mol. The molecule has 3 aliphatic heterocycles. The fourth-order valence-electron chi connectivity index (χ4n) is 11.5. The molecule has 4 aromatic heterocycles. The van der Waals surface area contributed by atoms with Gasteiger partial charge in [-0.25, -0.2) is 19.6 Å². The zero-order valence-corrected chi connectivity index (χ0v) is 57.5. The van der Waals surface area contributed by atoms with Crippen molar-refractivity contribution < 1.29 is 90.9 Å². The summed E-state index contributed by atoms with van der Waals surface area (Å²) in [5.74, 6) is 10.1. The van der Waals surface area contributed by atoms with Gasteiger partial charge in [0.2, 0.25) is 11.8 Å². The Balaban J connectivity index is 0.898. The number of nitro groups is 2. The van der Waals surface area contributed by atoms with Gasteiger partial charge in [-0.05, 0) is 51.0 Å². The Morgan fingerprint density at radius 2 is 1.20 bits per heavy atom. The number of nitrogens with zero attached hydrogens (tertiary/aromatic N) is 7. The van der Waals surface area contributed by atoms with E-state index < -0.39 is 194 Å². The highest BCUT2D eigenvalue weighted by Gasteiger charge is 2.46. The van der Waals surface area contributed by atoms with Crippen molar-refractivity contribution >= 4 is 72.7 Å². The molecule has 3 fully saturated rings. The minimum atomic E-state index is -4.90. The van der Waals surface area contributed by atoms with E-state index in [2.05, 4.69) is 71.4 Å². The van der Waals surface area contributed by atoms with Crippen molar-refractivity contribution in [2.24, 2.45) is 23.3 Å². The summed E-state index contributed by atoms with van der Waals surface area (Å²) in [4.78, 5) is 171. The van der Waals surface area contributed by atoms with E-state index in [0.717, 1.165) is 46.9 Å². The normalized spacial score (nSPS) is 21.4. The molecule has 0 aliphatic carbocycles. The molecule has 9 rings (SSSR count). The second-order valence-corrected chi connectivity index (χ2v) is 28.0. The van der Waals surface area contributed by atoms with Gasteiger partial charge in [0.1, 0.15) is 59.8 Å². The quantitative estimate of drug-likeness (QED) is 0.00871. The Bertz CT molecular complexity index is 4980. The van der Waals surface area contributed by atoms with E-state index in [0.29, 0.717) is 0 Å². The van der Waals surface area contributed by atoms with Gasteiger partial charge in [-0.1, -0.05) is 35.5 Å². The number of ketones is 2. The maximum absolute atomic E-state index is 14.3. The number of nitrogens with one attached hydrogen (secondary N) is 5. The maximum Gasteiger partial charge on any atom is 0.330 e. The summed E-state index contributed by atoms with van der Waals surface area (Å²) in [5, 5.41) is 52.0. The maximum atomic E-state index is 14.3. The molecule has 0 saturated carbocycles. The number of amides is 3. The number of anilines is 1. The molecule has 0 radical (unpaired) electrons. The molecule has 105 heavy (non-hydrogen) atoms. The van der Waals surface area contributed by atoms with Crippen LogP contribution in [0.25, 0.3) is 11.0 Å². The van der Waals surface area contributed by atoms with E-state index in [9.17, 15) is 92.5 Å². The Labute approximate surface area is 591 Å². The van der Waals surface area contributed by atoms with Crippen LogP contribution in [-0.4, -0.2) is 195 Å². The molecule has 0 spiro atoms. The molecule has 2 aromatic carbocycles. The van der Waals surface area contributed by atoms with Crippen LogP contribution in [0, 0.1) is 67.6 Å². The molecule has 42 heteroatoms. The summed E-state index contributed by atoms with van der Waals surface area (Å²) in [6.45, 7) is -1.17. The first-order valence-corrected chi connectivity index (χ1v) is 35.2. The van der Waals surface area contributed by atoms with Crippen LogP contribution < -0.4 is 55.6 Å². The lowest BCUT2D eigenvalue weighted by molar-refractivity contribution is -0.385. The number of carbonyl (C=O) groups excluding carboxylic acids is 5. The number of nitrogens with two attached hydrogens (primary N) is 3. The van der Waals surface area contributed by atoms with Crippen LogP contribution >= 0.6 is 15.2 Å². The molecule has 6 aromatic rings. The van der Waals surface area contributed by atoms with Crippen molar-refractivity contribution in [3.8, 4) is 35.5 Å². The molecule has 13 atom stereocenters. The highest BCUT2D eigenvalue weighted by molar-refractivity contribution is 7.53. The third-order valence-electron chi connectivity index (χ3n) is 16.8. The summed E-state index contributed by atoms with van der Waals surface area (Å²) < 4.78 is 67.1. The van der Waals surface area contributed by atoms with Crippen LogP contribution in [0.3, 0.4) is 0 Å². The number of aromatic nitrogens is 7. The third-order valence-corrected chi connectivity index (χ3v) is 19.8. The Kier molecular flexibility index (Phi) is 25.4. The summed E-state index contributed by atoms with van der Waals surface area (Å²) in [6.07, 6.45) is -8.09. The number of aliphatic hydroxyl groups excluding tert-OH is 2. The van der Waals surface area contributed by atoms with Crippen molar-refractivity contribution in [2.45, 2.75) is 88.4 Å². The van der Waals surface area contributed by atoms with Gasteiger partial charge in [-0.15, -0.1) is 0 Å². The molecular formula is C63H69N15O25P2. The van der Waals surface area contributed by atoms with E-state index in [4.69, 9.17) is 45.2 Å². The molecule has 556 valence electrons. The van der Waals surface area contributed by atoms with Gasteiger partial charge < -0.3 is 85.7 Å². The number of methoxy groups -OCH3 is 1. The first-order chi connectivity index (χ1) is 49.7. The number of nitro benzene ring substituents is 2. The molecule has 40 nitrogen and oxygen atoms in total.